The van der Waals surface area contributed by atoms with Gasteiger partial charge in [-0.3, -0.25) is 9.79 Å². The quantitative estimate of drug-likeness (QED) is 0.209. The van der Waals surface area contributed by atoms with Crippen LogP contribution in [0.2, 0.25) is 0 Å². The number of carbonyl (C=O) groups excluding carboxylic acids is 1. The number of methoxy groups -OCH3 is 1. The molecule has 1 aliphatic heterocycles. The van der Waals surface area contributed by atoms with Gasteiger partial charge in [-0.05, 0) is 24.0 Å². The number of ether oxygens (including phenoxy) is 2. The van der Waals surface area contributed by atoms with Crippen LogP contribution in [0.1, 0.15) is 30.4 Å². The molecular formula is C20H33IN4O3. The van der Waals surface area contributed by atoms with Gasteiger partial charge < -0.3 is 25.0 Å². The molecule has 0 saturated carbocycles. The van der Waals surface area contributed by atoms with E-state index in [-0.39, 0.29) is 29.9 Å². The Labute approximate surface area is 185 Å². The van der Waals surface area contributed by atoms with Crippen LogP contribution in [-0.2, 0) is 27.4 Å². The van der Waals surface area contributed by atoms with Crippen LogP contribution < -0.4 is 10.6 Å². The molecular weight excluding hydrogens is 471 g/mol. The van der Waals surface area contributed by atoms with Gasteiger partial charge in [0.1, 0.15) is 0 Å². The molecule has 0 radical (unpaired) electrons. The largest absolute Gasteiger partial charge is 0.382 e. The SMILES string of the molecule is CN=C(NCCCOCCOC)NCc1ccccc1CN1CCCC1=O.I. The second-order valence-corrected chi connectivity index (χ2v) is 6.50. The van der Waals surface area contributed by atoms with E-state index in [1.165, 1.54) is 11.1 Å². The van der Waals surface area contributed by atoms with E-state index < -0.39 is 0 Å². The number of rotatable bonds is 11. The molecule has 158 valence electrons. The average molecular weight is 504 g/mol. The maximum Gasteiger partial charge on any atom is 0.222 e. The van der Waals surface area contributed by atoms with Crippen molar-refractivity contribution in [3.05, 3.63) is 35.4 Å². The fraction of sp³-hybridized carbons (Fsp3) is 0.600. The predicted octanol–water partition coefficient (Wildman–Crippen LogP) is 2.15. The van der Waals surface area contributed by atoms with E-state index in [9.17, 15) is 4.79 Å². The van der Waals surface area contributed by atoms with Crippen LogP contribution in [0.3, 0.4) is 0 Å². The average Bonchev–Trinajstić information content (AvgIpc) is 3.09. The van der Waals surface area contributed by atoms with Gasteiger partial charge in [-0.1, -0.05) is 24.3 Å². The Hall–Kier alpha value is -1.39. The van der Waals surface area contributed by atoms with Crippen LogP contribution >= 0.6 is 24.0 Å². The van der Waals surface area contributed by atoms with E-state index in [0.29, 0.717) is 39.3 Å². The summed E-state index contributed by atoms with van der Waals surface area (Å²) in [6.45, 7) is 4.94. The minimum Gasteiger partial charge on any atom is -0.382 e. The van der Waals surface area contributed by atoms with Crippen LogP contribution in [0, 0.1) is 0 Å². The molecule has 7 nitrogen and oxygen atoms in total. The lowest BCUT2D eigenvalue weighted by molar-refractivity contribution is -0.128. The van der Waals surface area contributed by atoms with Crippen molar-refractivity contribution in [3.8, 4) is 0 Å². The molecule has 0 atom stereocenters. The fourth-order valence-electron chi connectivity index (χ4n) is 2.99. The van der Waals surface area contributed by atoms with Crippen LogP contribution in [0.4, 0.5) is 0 Å². The number of halogens is 1. The highest BCUT2D eigenvalue weighted by Gasteiger charge is 2.20. The van der Waals surface area contributed by atoms with Gasteiger partial charge >= 0.3 is 0 Å². The number of likely N-dealkylation sites (tertiary alicyclic amines) is 1. The number of guanidine groups is 1. The second-order valence-electron chi connectivity index (χ2n) is 6.50. The molecule has 1 aromatic carbocycles. The zero-order valence-electron chi connectivity index (χ0n) is 16.9. The maximum absolute atomic E-state index is 11.9. The van der Waals surface area contributed by atoms with Crippen LogP contribution in [-0.4, -0.2) is 63.8 Å². The van der Waals surface area contributed by atoms with Gasteiger partial charge in [-0.15, -0.1) is 24.0 Å². The summed E-state index contributed by atoms with van der Waals surface area (Å²) in [5.74, 6) is 1.02. The van der Waals surface area contributed by atoms with E-state index >= 15 is 0 Å². The Morgan fingerprint density at radius 2 is 1.96 bits per heavy atom. The monoisotopic (exact) mass is 504 g/mol. The molecule has 0 bridgehead atoms. The number of hydrogen-bond donors (Lipinski definition) is 2. The number of amides is 1. The lowest BCUT2D eigenvalue weighted by Crippen LogP contribution is -2.38. The van der Waals surface area contributed by atoms with Crippen molar-refractivity contribution in [1.82, 2.24) is 15.5 Å². The third-order valence-corrected chi connectivity index (χ3v) is 4.51. The predicted molar refractivity (Wildman–Crippen MR) is 122 cm³/mol. The Morgan fingerprint density at radius 1 is 1.18 bits per heavy atom. The highest BCUT2D eigenvalue weighted by Crippen LogP contribution is 2.17. The molecule has 0 aromatic heterocycles. The third-order valence-electron chi connectivity index (χ3n) is 4.51. The van der Waals surface area contributed by atoms with Crippen molar-refractivity contribution in [3.63, 3.8) is 0 Å². The first-order valence-corrected chi connectivity index (χ1v) is 9.60. The maximum atomic E-state index is 11.9. The van der Waals surface area contributed by atoms with Crippen LogP contribution in [0.5, 0.6) is 0 Å². The summed E-state index contributed by atoms with van der Waals surface area (Å²) in [5, 5.41) is 6.64. The van der Waals surface area contributed by atoms with Gasteiger partial charge in [0.15, 0.2) is 5.96 Å². The Bertz CT molecular complexity index is 613. The summed E-state index contributed by atoms with van der Waals surface area (Å²) in [5.41, 5.74) is 2.37. The first-order chi connectivity index (χ1) is 13.2. The van der Waals surface area contributed by atoms with Crippen molar-refractivity contribution >= 4 is 35.8 Å². The molecule has 1 fully saturated rings. The van der Waals surface area contributed by atoms with Gasteiger partial charge in [0.25, 0.3) is 0 Å². The molecule has 1 aromatic rings. The molecule has 8 heteroatoms. The minimum absolute atomic E-state index is 0. The highest BCUT2D eigenvalue weighted by molar-refractivity contribution is 14.0. The van der Waals surface area contributed by atoms with E-state index in [0.717, 1.165) is 31.9 Å². The third kappa shape index (κ3) is 8.74. The summed E-state index contributed by atoms with van der Waals surface area (Å²) in [6.07, 6.45) is 2.54. The highest BCUT2D eigenvalue weighted by atomic mass is 127. The standard InChI is InChI=1S/C20H32N4O3.HI/c1-21-20(22-10-6-12-27-14-13-26-2)23-15-17-7-3-4-8-18(17)16-24-11-5-9-19(24)25;/h3-4,7-8H,5-6,9-16H2,1-2H3,(H2,21,22,23);1H. The Balaban J connectivity index is 0.00000392. The van der Waals surface area contributed by atoms with E-state index in [1.807, 2.05) is 17.0 Å². The van der Waals surface area contributed by atoms with Gasteiger partial charge in [-0.25, -0.2) is 0 Å². The van der Waals surface area contributed by atoms with Crippen LogP contribution in [0.15, 0.2) is 29.3 Å². The summed E-state index contributed by atoms with van der Waals surface area (Å²) < 4.78 is 10.4. The molecule has 1 aliphatic rings. The van der Waals surface area contributed by atoms with Gasteiger partial charge in [-0.2, -0.15) is 0 Å². The molecule has 28 heavy (non-hydrogen) atoms. The van der Waals surface area contributed by atoms with Crippen LogP contribution in [0.25, 0.3) is 0 Å². The molecule has 1 saturated heterocycles. The molecule has 2 N–H and O–H groups in total. The molecule has 0 spiro atoms. The fourth-order valence-corrected chi connectivity index (χ4v) is 2.99. The van der Waals surface area contributed by atoms with Gasteiger partial charge in [0.05, 0.1) is 13.2 Å². The summed E-state index contributed by atoms with van der Waals surface area (Å²) in [4.78, 5) is 18.1. The molecule has 0 unspecified atom stereocenters. The smallest absolute Gasteiger partial charge is 0.222 e. The number of nitrogens with zero attached hydrogens (tertiary/aromatic N) is 2. The lowest BCUT2D eigenvalue weighted by atomic mass is 10.1. The first kappa shape index (κ1) is 24.6. The summed E-state index contributed by atoms with van der Waals surface area (Å²) >= 11 is 0. The molecule has 1 heterocycles. The van der Waals surface area contributed by atoms with Crippen molar-refractivity contribution in [1.29, 1.82) is 0 Å². The first-order valence-electron chi connectivity index (χ1n) is 9.60. The number of hydrogen-bond acceptors (Lipinski definition) is 4. The second kappa shape index (κ2) is 14.6. The summed E-state index contributed by atoms with van der Waals surface area (Å²) in [7, 11) is 3.43. The minimum atomic E-state index is 0. The Kier molecular flexibility index (Phi) is 12.8. The normalized spacial score (nSPS) is 14.1. The van der Waals surface area contributed by atoms with Crippen molar-refractivity contribution in [2.45, 2.75) is 32.4 Å². The number of aliphatic imine (C=N–C) groups is 1. The topological polar surface area (TPSA) is 75.2 Å². The van der Waals surface area contributed by atoms with Crippen molar-refractivity contribution < 1.29 is 14.3 Å². The van der Waals surface area contributed by atoms with Crippen molar-refractivity contribution in [2.24, 2.45) is 4.99 Å². The van der Waals surface area contributed by atoms with E-state index in [4.69, 9.17) is 9.47 Å². The van der Waals surface area contributed by atoms with Gasteiger partial charge in [0, 0.05) is 53.4 Å². The zero-order chi connectivity index (χ0) is 19.3. The summed E-state index contributed by atoms with van der Waals surface area (Å²) in [6, 6.07) is 8.24. The van der Waals surface area contributed by atoms with Crippen molar-refractivity contribution in [2.75, 3.05) is 47.1 Å². The number of carbonyl (C=O) groups is 1. The molecule has 1 amide bonds. The lowest BCUT2D eigenvalue weighted by Gasteiger charge is -2.19. The van der Waals surface area contributed by atoms with Gasteiger partial charge in [0.2, 0.25) is 5.91 Å². The Morgan fingerprint density at radius 3 is 2.64 bits per heavy atom. The van der Waals surface area contributed by atoms with E-state index in [1.54, 1.807) is 14.2 Å². The zero-order valence-corrected chi connectivity index (χ0v) is 19.2. The molecule has 0 aliphatic carbocycles. The van der Waals surface area contributed by atoms with E-state index in [2.05, 4.69) is 27.8 Å². The molecule has 2 rings (SSSR count). The number of benzene rings is 1. The number of nitrogens with one attached hydrogen (secondary N) is 2.